The maximum absolute atomic E-state index is 12.6. The fraction of sp³-hybridized carbons (Fsp3) is 0.0667. The van der Waals surface area contributed by atoms with E-state index in [1.165, 1.54) is 23.5 Å². The zero-order valence-corrected chi connectivity index (χ0v) is 25.1. The van der Waals surface area contributed by atoms with Crippen LogP contribution >= 0.6 is 23.5 Å². The van der Waals surface area contributed by atoms with Gasteiger partial charge in [0.1, 0.15) is 11.5 Å². The molecule has 2 amide bonds. The second-order valence-electron chi connectivity index (χ2n) is 9.25. The highest BCUT2D eigenvalue weighted by atomic mass is 32.2. The normalized spacial score (nSPS) is 10.8. The minimum Gasteiger partial charge on any atom is -0.457 e. The lowest BCUT2D eigenvalue weighted by atomic mass is 10.2. The molecule has 0 aliphatic carbocycles. The molecule has 0 radical (unpaired) electrons. The van der Waals surface area contributed by atoms with Gasteiger partial charge in [0, 0.05) is 17.4 Å². The summed E-state index contributed by atoms with van der Waals surface area (Å²) in [5.41, 5.74) is 2.82. The summed E-state index contributed by atoms with van der Waals surface area (Å²) in [5, 5.41) is 30.3. The Labute approximate surface area is 265 Å². The van der Waals surface area contributed by atoms with E-state index < -0.39 is 0 Å². The van der Waals surface area contributed by atoms with Crippen molar-refractivity contribution in [3.8, 4) is 22.9 Å². The van der Waals surface area contributed by atoms with Crippen molar-refractivity contribution >= 4 is 46.7 Å². The second-order valence-corrected chi connectivity index (χ2v) is 11.1. The van der Waals surface area contributed by atoms with Crippen molar-refractivity contribution in [2.75, 3.05) is 22.1 Å². The Bertz CT molecular complexity index is 1880. The molecule has 6 aromatic rings. The highest BCUT2D eigenvalue weighted by molar-refractivity contribution is 8.00. The third kappa shape index (κ3) is 7.90. The number of nitrogens with zero attached hydrogens (tertiary/aromatic N) is 8. The van der Waals surface area contributed by atoms with Gasteiger partial charge in [0.2, 0.25) is 22.1 Å². The monoisotopic (exact) mass is 636 g/mol. The Morgan fingerprint density at radius 1 is 0.600 bits per heavy atom. The number of tetrazole rings is 2. The molecule has 224 valence electrons. The first-order valence-electron chi connectivity index (χ1n) is 13.5. The zero-order chi connectivity index (χ0) is 30.8. The molecule has 15 heteroatoms. The van der Waals surface area contributed by atoms with Gasteiger partial charge in [-0.1, -0.05) is 66.0 Å². The maximum Gasteiger partial charge on any atom is 0.234 e. The summed E-state index contributed by atoms with van der Waals surface area (Å²) in [5.74, 6) is 0.943. The lowest BCUT2D eigenvalue weighted by molar-refractivity contribution is -0.114. The van der Waals surface area contributed by atoms with Gasteiger partial charge in [-0.3, -0.25) is 9.59 Å². The number of benzene rings is 4. The molecule has 0 aliphatic rings. The van der Waals surface area contributed by atoms with Crippen LogP contribution < -0.4 is 15.4 Å². The van der Waals surface area contributed by atoms with Gasteiger partial charge in [0.05, 0.1) is 22.9 Å². The highest BCUT2D eigenvalue weighted by Gasteiger charge is 2.13. The first-order chi connectivity index (χ1) is 22.1. The van der Waals surface area contributed by atoms with Crippen LogP contribution in [-0.4, -0.2) is 63.7 Å². The summed E-state index contributed by atoms with van der Waals surface area (Å²) >= 11 is 2.47. The Morgan fingerprint density at radius 3 is 1.69 bits per heavy atom. The van der Waals surface area contributed by atoms with E-state index in [-0.39, 0.29) is 23.3 Å². The highest BCUT2D eigenvalue weighted by Crippen LogP contribution is 2.26. The average molecular weight is 637 g/mol. The van der Waals surface area contributed by atoms with E-state index >= 15 is 0 Å². The van der Waals surface area contributed by atoms with E-state index in [1.807, 2.05) is 60.7 Å². The number of hydrogen-bond acceptors (Lipinski definition) is 11. The predicted octanol–water partition coefficient (Wildman–Crippen LogP) is 4.89. The first-order valence-corrected chi connectivity index (χ1v) is 15.5. The first kappa shape index (κ1) is 29.5. The van der Waals surface area contributed by atoms with Gasteiger partial charge in [-0.2, -0.15) is 9.36 Å². The predicted molar refractivity (Wildman–Crippen MR) is 170 cm³/mol. The molecule has 2 aromatic heterocycles. The minimum atomic E-state index is -0.213. The minimum absolute atomic E-state index is 0.119. The molecular weight excluding hydrogens is 613 g/mol. The van der Waals surface area contributed by atoms with Crippen LogP contribution in [0.4, 0.5) is 11.4 Å². The number of amides is 2. The van der Waals surface area contributed by atoms with Crippen molar-refractivity contribution in [2.24, 2.45) is 0 Å². The molecule has 0 atom stereocenters. The molecule has 0 fully saturated rings. The van der Waals surface area contributed by atoms with Gasteiger partial charge in [-0.05, 0) is 81.5 Å². The summed E-state index contributed by atoms with van der Waals surface area (Å²) in [4.78, 5) is 25.2. The van der Waals surface area contributed by atoms with Gasteiger partial charge in [0.25, 0.3) is 0 Å². The van der Waals surface area contributed by atoms with Gasteiger partial charge in [0.15, 0.2) is 0 Å². The van der Waals surface area contributed by atoms with Crippen LogP contribution in [0.2, 0.25) is 0 Å². The summed E-state index contributed by atoms with van der Waals surface area (Å²) in [6.07, 6.45) is 0. The lowest BCUT2D eigenvalue weighted by Crippen LogP contribution is -2.14. The molecule has 2 N–H and O–H groups in total. The van der Waals surface area contributed by atoms with E-state index in [4.69, 9.17) is 4.74 Å². The number of carbonyl (C=O) groups is 2. The molecule has 45 heavy (non-hydrogen) atoms. The van der Waals surface area contributed by atoms with Crippen molar-refractivity contribution in [3.63, 3.8) is 0 Å². The fourth-order valence-electron chi connectivity index (χ4n) is 4.03. The number of rotatable bonds is 12. The van der Waals surface area contributed by atoms with Crippen LogP contribution in [0.25, 0.3) is 11.4 Å². The second kappa shape index (κ2) is 14.3. The van der Waals surface area contributed by atoms with E-state index in [0.717, 1.165) is 11.4 Å². The fourth-order valence-corrected chi connectivity index (χ4v) is 5.42. The molecular formula is C30H24N10O3S2. The van der Waals surface area contributed by atoms with E-state index in [2.05, 4.69) is 41.7 Å². The van der Waals surface area contributed by atoms with Crippen molar-refractivity contribution in [1.29, 1.82) is 0 Å². The summed E-state index contributed by atoms with van der Waals surface area (Å²) < 4.78 is 9.14. The van der Waals surface area contributed by atoms with Crippen molar-refractivity contribution in [3.05, 3.63) is 109 Å². The number of hydrogen-bond donors (Lipinski definition) is 2. The van der Waals surface area contributed by atoms with Crippen LogP contribution in [0.3, 0.4) is 0 Å². The molecule has 0 aliphatic heterocycles. The number of thioether (sulfide) groups is 2. The molecule has 0 unspecified atom stereocenters. The molecule has 13 nitrogen and oxygen atoms in total. The summed E-state index contributed by atoms with van der Waals surface area (Å²) in [6, 6.07) is 33.0. The van der Waals surface area contributed by atoms with E-state index in [9.17, 15) is 9.59 Å². The van der Waals surface area contributed by atoms with Gasteiger partial charge in [-0.25, -0.2) is 0 Å². The molecule has 6 rings (SSSR count). The number of ether oxygens (including phenoxy) is 1. The topological polar surface area (TPSA) is 155 Å². The van der Waals surface area contributed by atoms with Crippen LogP contribution in [0.1, 0.15) is 0 Å². The molecule has 0 spiro atoms. The molecule has 0 saturated carbocycles. The Hall–Kier alpha value is -5.54. The number of aromatic nitrogens is 8. The molecule has 4 aromatic carbocycles. The Kier molecular flexibility index (Phi) is 9.38. The van der Waals surface area contributed by atoms with E-state index in [1.54, 1.807) is 57.9 Å². The van der Waals surface area contributed by atoms with Crippen LogP contribution in [0, 0.1) is 0 Å². The molecule has 0 saturated heterocycles. The quantitative estimate of drug-likeness (QED) is 0.176. The number of anilines is 2. The Morgan fingerprint density at radius 2 is 1.13 bits per heavy atom. The van der Waals surface area contributed by atoms with Crippen molar-refractivity contribution < 1.29 is 14.3 Å². The number of carbonyl (C=O) groups excluding carboxylic acids is 2. The Balaban J connectivity index is 0.979. The van der Waals surface area contributed by atoms with Gasteiger partial charge in [-0.15, -0.1) is 10.2 Å². The third-order valence-corrected chi connectivity index (χ3v) is 7.88. The van der Waals surface area contributed by atoms with Crippen LogP contribution in [0.5, 0.6) is 11.5 Å². The van der Waals surface area contributed by atoms with Crippen molar-refractivity contribution in [2.45, 2.75) is 10.3 Å². The van der Waals surface area contributed by atoms with Crippen molar-refractivity contribution in [1.82, 2.24) is 40.4 Å². The van der Waals surface area contributed by atoms with E-state index in [0.29, 0.717) is 33.2 Å². The number of para-hydroxylation sites is 2. The zero-order valence-electron chi connectivity index (χ0n) is 23.4. The standard InChI is InChI=1S/C30H24N10O3S2/c41-27(19-44-29-33-35-37-39(29)23-9-3-1-4-10-23)31-21-14-16-25(17-15-21)43-26-13-7-8-22(18-26)32-28(42)20-45-30-34-36-38-40(30)24-11-5-2-6-12-24/h1-18H,19-20H2,(H,31,41)(H,32,42). The molecule has 2 heterocycles. The SMILES string of the molecule is O=C(CSc1nnnn1-c1ccccc1)Nc1ccc(Oc2cccc(NC(=O)CSc3nnnn3-c3ccccc3)c2)cc1. The number of nitrogens with one attached hydrogen (secondary N) is 2. The lowest BCUT2D eigenvalue weighted by Gasteiger charge is -2.10. The smallest absolute Gasteiger partial charge is 0.234 e. The largest absolute Gasteiger partial charge is 0.457 e. The third-order valence-electron chi connectivity index (χ3n) is 6.04. The van der Waals surface area contributed by atoms with Gasteiger partial charge < -0.3 is 15.4 Å². The summed E-state index contributed by atoms with van der Waals surface area (Å²) in [7, 11) is 0. The maximum atomic E-state index is 12.6. The summed E-state index contributed by atoms with van der Waals surface area (Å²) in [6.45, 7) is 0. The molecule has 0 bridgehead atoms. The average Bonchev–Trinajstić information content (AvgIpc) is 3.75. The van der Waals surface area contributed by atoms with Crippen LogP contribution in [-0.2, 0) is 9.59 Å². The van der Waals surface area contributed by atoms with Gasteiger partial charge >= 0.3 is 0 Å². The van der Waals surface area contributed by atoms with Crippen LogP contribution in [0.15, 0.2) is 120 Å².